The Hall–Kier alpha value is -3.02. The Labute approximate surface area is 195 Å². The van der Waals surface area contributed by atoms with Crippen molar-refractivity contribution in [2.45, 2.75) is 70.0 Å². The first-order valence-corrected chi connectivity index (χ1v) is 10.6. The van der Waals surface area contributed by atoms with Crippen LogP contribution in [0.25, 0.3) is 0 Å². The summed E-state index contributed by atoms with van der Waals surface area (Å²) in [7, 11) is 3.27. The van der Waals surface area contributed by atoms with Gasteiger partial charge in [-0.2, -0.15) is 13.2 Å². The van der Waals surface area contributed by atoms with Gasteiger partial charge in [-0.3, -0.25) is 0 Å². The quantitative estimate of drug-likeness (QED) is 0.437. The number of amides is 1. The summed E-state index contributed by atoms with van der Waals surface area (Å²) in [4.78, 5) is 35.0. The van der Waals surface area contributed by atoms with Crippen molar-refractivity contribution in [3.8, 4) is 5.75 Å². The van der Waals surface area contributed by atoms with Gasteiger partial charge in [0.25, 0.3) is 0 Å². The van der Waals surface area contributed by atoms with Crippen LogP contribution >= 0.6 is 0 Å². The minimum absolute atomic E-state index is 0.132. The lowest BCUT2D eigenvalue weighted by Crippen LogP contribution is -2.48. The molecular formula is C22H31F3N2O7. The van der Waals surface area contributed by atoms with Gasteiger partial charge in [0.1, 0.15) is 11.3 Å². The van der Waals surface area contributed by atoms with Gasteiger partial charge in [-0.15, -0.1) is 0 Å². The largest absolute Gasteiger partial charge is 0.496 e. The minimum atomic E-state index is -5.08. The molecule has 192 valence electrons. The molecule has 9 nitrogen and oxygen atoms in total. The van der Waals surface area contributed by atoms with E-state index < -0.39 is 36.0 Å². The summed E-state index contributed by atoms with van der Waals surface area (Å²) in [5, 5.41) is 7.12. The van der Waals surface area contributed by atoms with Crippen LogP contribution in [0.15, 0.2) is 24.3 Å². The predicted octanol–water partition coefficient (Wildman–Crippen LogP) is 3.49. The number of halogens is 3. The average molecular weight is 492 g/mol. The number of ether oxygens (including phenoxy) is 3. The van der Waals surface area contributed by atoms with Gasteiger partial charge in [0.2, 0.25) is 6.29 Å². The number of esters is 1. The van der Waals surface area contributed by atoms with E-state index in [1.165, 1.54) is 11.8 Å². The van der Waals surface area contributed by atoms with Crippen LogP contribution in [0.3, 0.4) is 0 Å². The zero-order valence-corrected chi connectivity index (χ0v) is 19.6. The predicted molar refractivity (Wildman–Crippen MR) is 115 cm³/mol. The molecule has 0 radical (unpaired) electrons. The highest BCUT2D eigenvalue weighted by molar-refractivity contribution is 5.81. The molecule has 0 aromatic heterocycles. The van der Waals surface area contributed by atoms with Crippen LogP contribution in [0.4, 0.5) is 18.0 Å². The van der Waals surface area contributed by atoms with Gasteiger partial charge in [0, 0.05) is 20.0 Å². The molecule has 2 atom stereocenters. The lowest BCUT2D eigenvalue weighted by molar-refractivity contribution is -0.192. The number of carboxylic acid groups (broad SMARTS) is 1. The van der Waals surface area contributed by atoms with E-state index in [1.54, 1.807) is 14.2 Å². The van der Waals surface area contributed by atoms with Crippen LogP contribution in [0, 0.1) is 0 Å². The van der Waals surface area contributed by atoms with Crippen LogP contribution in [0.2, 0.25) is 0 Å². The topological polar surface area (TPSA) is 128 Å². The highest BCUT2D eigenvalue weighted by Crippen LogP contribution is 2.28. The van der Waals surface area contributed by atoms with E-state index in [2.05, 4.69) is 0 Å². The average Bonchev–Trinajstić information content (AvgIpc) is 3.21. The van der Waals surface area contributed by atoms with Crippen LogP contribution in [0.5, 0.6) is 5.75 Å². The van der Waals surface area contributed by atoms with Crippen LogP contribution in [-0.2, 0) is 25.5 Å². The Morgan fingerprint density at radius 2 is 1.68 bits per heavy atom. The number of carbonyl (C=O) groups excluding carboxylic acids is 2. The Morgan fingerprint density at radius 1 is 1.15 bits per heavy atom. The van der Waals surface area contributed by atoms with Crippen molar-refractivity contribution in [2.75, 3.05) is 14.2 Å². The number of aliphatic carboxylic acids is 1. The van der Waals surface area contributed by atoms with Crippen molar-refractivity contribution in [3.63, 3.8) is 0 Å². The highest BCUT2D eigenvalue weighted by Gasteiger charge is 2.40. The van der Waals surface area contributed by atoms with Gasteiger partial charge < -0.3 is 30.0 Å². The molecule has 0 spiro atoms. The molecule has 2 unspecified atom stereocenters. The summed E-state index contributed by atoms with van der Waals surface area (Å²) in [5.74, 6) is -2.49. The van der Waals surface area contributed by atoms with Gasteiger partial charge in [-0.05, 0) is 37.8 Å². The number of rotatable bonds is 7. The maximum atomic E-state index is 12.4. The first-order valence-electron chi connectivity index (χ1n) is 10.6. The summed E-state index contributed by atoms with van der Waals surface area (Å²) in [5.41, 5.74) is 6.11. The van der Waals surface area contributed by atoms with Crippen LogP contribution < -0.4 is 10.5 Å². The fraction of sp³-hybridized carbons (Fsp3) is 0.591. The minimum Gasteiger partial charge on any atom is -0.496 e. The van der Waals surface area contributed by atoms with E-state index in [1.807, 2.05) is 31.2 Å². The third-order valence-corrected chi connectivity index (χ3v) is 5.34. The number of methoxy groups -OCH3 is 1. The summed E-state index contributed by atoms with van der Waals surface area (Å²) >= 11 is 0. The van der Waals surface area contributed by atoms with Crippen molar-refractivity contribution >= 4 is 18.0 Å². The fourth-order valence-electron chi connectivity index (χ4n) is 3.23. The highest BCUT2D eigenvalue weighted by atomic mass is 19.4. The number of alkyl halides is 3. The van der Waals surface area contributed by atoms with Gasteiger partial charge >= 0.3 is 24.2 Å². The maximum Gasteiger partial charge on any atom is 0.490 e. The Morgan fingerprint density at radius 3 is 2.18 bits per heavy atom. The molecule has 1 aromatic rings. The zero-order chi connectivity index (χ0) is 26.1. The van der Waals surface area contributed by atoms with Gasteiger partial charge in [-0.1, -0.05) is 31.0 Å². The van der Waals surface area contributed by atoms with E-state index in [4.69, 9.17) is 29.8 Å². The van der Waals surface area contributed by atoms with Crippen molar-refractivity contribution in [2.24, 2.45) is 5.73 Å². The second-order valence-corrected chi connectivity index (χ2v) is 8.00. The molecule has 1 aliphatic carbocycles. The van der Waals surface area contributed by atoms with Crippen molar-refractivity contribution in [3.05, 3.63) is 29.8 Å². The third kappa shape index (κ3) is 8.73. The van der Waals surface area contributed by atoms with E-state index >= 15 is 0 Å². The number of nitrogens with two attached hydrogens (primary N) is 1. The van der Waals surface area contributed by atoms with E-state index in [-0.39, 0.29) is 6.04 Å². The first-order chi connectivity index (χ1) is 15.7. The molecule has 12 heteroatoms. The normalized spacial score (nSPS) is 16.4. The molecule has 1 aliphatic rings. The number of hydrogen-bond donors (Lipinski definition) is 2. The molecule has 1 aromatic carbocycles. The summed E-state index contributed by atoms with van der Waals surface area (Å²) in [6, 6.07) is 7.54. The molecular weight excluding hydrogens is 461 g/mol. The van der Waals surface area contributed by atoms with E-state index in [0.29, 0.717) is 19.3 Å². The molecule has 3 N–H and O–H groups in total. The van der Waals surface area contributed by atoms with Gasteiger partial charge in [-0.25, -0.2) is 14.4 Å². The Balaban J connectivity index is 0.000000718. The number of nitrogens with zero attached hydrogens (tertiary/aromatic N) is 1. The van der Waals surface area contributed by atoms with Crippen LogP contribution in [-0.4, -0.2) is 66.2 Å². The second kappa shape index (κ2) is 12.4. The molecule has 2 rings (SSSR count). The number of carboxylic acids is 1. The zero-order valence-electron chi connectivity index (χ0n) is 19.6. The lowest BCUT2D eigenvalue weighted by Gasteiger charge is -2.28. The van der Waals surface area contributed by atoms with Crippen molar-refractivity contribution in [1.29, 1.82) is 0 Å². The summed E-state index contributed by atoms with van der Waals surface area (Å²) < 4.78 is 47.6. The van der Waals surface area contributed by atoms with E-state index in [0.717, 1.165) is 24.2 Å². The number of hydrogen-bond acceptors (Lipinski definition) is 7. The van der Waals surface area contributed by atoms with Crippen molar-refractivity contribution in [1.82, 2.24) is 4.90 Å². The molecule has 1 fully saturated rings. The first kappa shape index (κ1) is 29.0. The number of para-hydroxylation sites is 1. The SMILES string of the molecule is COc1ccccc1CC(C)N(C)C(=O)OC(C)OC(=O)C1(N)CCCC1.O=C(O)C(F)(F)F. The van der Waals surface area contributed by atoms with E-state index in [9.17, 15) is 22.8 Å². The fourth-order valence-corrected chi connectivity index (χ4v) is 3.23. The number of likely N-dealkylation sites (N-methyl/N-ethyl adjacent to an activating group) is 1. The summed E-state index contributed by atoms with van der Waals surface area (Å²) in [6.45, 7) is 3.44. The van der Waals surface area contributed by atoms with Crippen LogP contribution in [0.1, 0.15) is 45.1 Å². The Bertz CT molecular complexity index is 842. The molecule has 34 heavy (non-hydrogen) atoms. The number of carbonyl (C=O) groups is 3. The molecule has 0 saturated heterocycles. The molecule has 0 heterocycles. The summed E-state index contributed by atoms with van der Waals surface area (Å²) in [6.07, 6.45) is -3.02. The molecule has 0 aliphatic heterocycles. The third-order valence-electron chi connectivity index (χ3n) is 5.34. The molecule has 1 amide bonds. The Kier molecular flexibility index (Phi) is 10.6. The van der Waals surface area contributed by atoms with Gasteiger partial charge in [0.05, 0.1) is 7.11 Å². The maximum absolute atomic E-state index is 12.4. The molecule has 0 bridgehead atoms. The lowest BCUT2D eigenvalue weighted by atomic mass is 10.00. The van der Waals surface area contributed by atoms with Crippen molar-refractivity contribution < 1.29 is 46.9 Å². The monoisotopic (exact) mass is 492 g/mol. The molecule has 1 saturated carbocycles. The van der Waals surface area contributed by atoms with Gasteiger partial charge in [0.15, 0.2) is 0 Å². The smallest absolute Gasteiger partial charge is 0.490 e. The standard InChI is InChI=1S/C20H30N2O5.C2HF3O2/c1-14(13-16-9-5-6-10-17(16)25-4)22(3)19(24)27-15(2)26-18(23)20(21)11-7-8-12-20;3-2(4,5)1(6)7/h5-6,9-10,14-15H,7-8,11-13,21H2,1-4H3;(H,6,7). The second-order valence-electron chi connectivity index (χ2n) is 8.00. The number of benzene rings is 1.